The molecule has 16 nitrogen and oxygen atoms in total. The first-order valence-electron chi connectivity index (χ1n) is 25.0. The van der Waals surface area contributed by atoms with Gasteiger partial charge >= 0.3 is 6.09 Å². The van der Waals surface area contributed by atoms with Gasteiger partial charge in [-0.3, -0.25) is 19.3 Å². The Hall–Kier alpha value is -4.81. The molecule has 17 heteroatoms. The monoisotopic (exact) mass is 991 g/mol. The second kappa shape index (κ2) is 27.7. The first-order valence-corrected chi connectivity index (χ1v) is 25.4. The Morgan fingerprint density at radius 1 is 0.700 bits per heavy atom. The van der Waals surface area contributed by atoms with Crippen LogP contribution >= 0.6 is 11.6 Å². The molecule has 70 heavy (non-hydrogen) atoms. The lowest BCUT2D eigenvalue weighted by Gasteiger charge is -2.39. The average molecular weight is 992 g/mol. The number of carbonyl (C=O) groups is 4. The largest absolute Gasteiger partial charge is 0.444 e. The second-order valence-electron chi connectivity index (χ2n) is 19.2. The Morgan fingerprint density at radius 3 is 1.86 bits per heavy atom. The number of amides is 4. The molecule has 0 aliphatic carbocycles. The van der Waals surface area contributed by atoms with Crippen molar-refractivity contribution in [1.29, 1.82) is 0 Å². The van der Waals surface area contributed by atoms with Gasteiger partial charge in [-0.15, -0.1) is 0 Å². The Kier molecular flexibility index (Phi) is 21.6. The minimum atomic E-state index is -0.499. The van der Waals surface area contributed by atoms with Crippen LogP contribution in [0.25, 0.3) is 11.1 Å². The van der Waals surface area contributed by atoms with Crippen LogP contribution in [-0.4, -0.2) is 157 Å². The van der Waals surface area contributed by atoms with Crippen molar-refractivity contribution in [3.8, 4) is 11.1 Å². The number of likely N-dealkylation sites (tertiary alicyclic amines) is 2. The molecule has 2 saturated heterocycles. The number of anilines is 2. The number of ether oxygens (including phenoxy) is 6. The summed E-state index contributed by atoms with van der Waals surface area (Å²) in [6.07, 6.45) is 4.50. The summed E-state index contributed by atoms with van der Waals surface area (Å²) in [5.41, 5.74) is 4.89. The summed E-state index contributed by atoms with van der Waals surface area (Å²) in [6, 6.07) is 21.5. The molecule has 0 spiro atoms. The van der Waals surface area contributed by atoms with Gasteiger partial charge in [0.05, 0.1) is 78.7 Å². The Morgan fingerprint density at radius 2 is 1.27 bits per heavy atom. The highest BCUT2D eigenvalue weighted by molar-refractivity contribution is 6.30. The van der Waals surface area contributed by atoms with Gasteiger partial charge in [-0.2, -0.15) is 0 Å². The molecule has 3 N–H and O–H groups in total. The summed E-state index contributed by atoms with van der Waals surface area (Å²) in [5, 5.41) is 10.2. The van der Waals surface area contributed by atoms with Crippen molar-refractivity contribution in [3.05, 3.63) is 82.9 Å². The molecule has 4 amide bonds. The lowest BCUT2D eigenvalue weighted by atomic mass is 9.88. The Bertz CT molecular complexity index is 2110. The van der Waals surface area contributed by atoms with E-state index in [1.165, 1.54) is 0 Å². The number of fused-ring (bicyclic) bond motifs is 1. The Balaban J connectivity index is 0.731. The number of halogens is 1. The molecule has 3 aromatic carbocycles. The maximum atomic E-state index is 12.9. The summed E-state index contributed by atoms with van der Waals surface area (Å²) in [7, 11) is 0. The van der Waals surface area contributed by atoms with Gasteiger partial charge in [0.15, 0.2) is 0 Å². The van der Waals surface area contributed by atoms with E-state index < -0.39 is 5.60 Å². The Labute approximate surface area is 419 Å². The fourth-order valence-corrected chi connectivity index (χ4v) is 9.52. The van der Waals surface area contributed by atoms with E-state index in [0.29, 0.717) is 102 Å². The van der Waals surface area contributed by atoms with Crippen LogP contribution in [0.15, 0.2) is 66.7 Å². The van der Waals surface area contributed by atoms with Gasteiger partial charge in [-0.25, -0.2) is 4.79 Å². The second-order valence-corrected chi connectivity index (χ2v) is 19.6. The van der Waals surface area contributed by atoms with E-state index in [9.17, 15) is 19.2 Å². The smallest absolute Gasteiger partial charge is 0.410 e. The van der Waals surface area contributed by atoms with Gasteiger partial charge in [0.25, 0.3) is 5.91 Å². The van der Waals surface area contributed by atoms with Crippen molar-refractivity contribution >= 4 is 46.8 Å². The van der Waals surface area contributed by atoms with Gasteiger partial charge in [0.1, 0.15) is 5.60 Å². The SMILES string of the molecule is CC(=O)N1c2ccc(-c3ccc(C(=O)NCCOCCOCCOCCOCCOCCNC(=O)CN4CCC(C5CCCN5C(=O)OC(C)(C)C)CC4)cc3)cc2[C@H](Nc2ccc(Cl)cc2)C[C@@H]1C. The zero-order valence-electron chi connectivity index (χ0n) is 41.8. The van der Waals surface area contributed by atoms with Gasteiger partial charge in [0.2, 0.25) is 11.8 Å². The maximum absolute atomic E-state index is 12.9. The van der Waals surface area contributed by atoms with Crippen LogP contribution in [0.5, 0.6) is 0 Å². The van der Waals surface area contributed by atoms with Crippen molar-refractivity contribution in [2.75, 3.05) is 116 Å². The van der Waals surface area contributed by atoms with E-state index in [0.717, 1.165) is 79.8 Å². The number of rotatable bonds is 25. The third-order valence-corrected chi connectivity index (χ3v) is 13.0. The first-order chi connectivity index (χ1) is 33.8. The molecule has 6 rings (SSSR count). The van der Waals surface area contributed by atoms with Crippen LogP contribution < -0.4 is 20.9 Å². The summed E-state index contributed by atoms with van der Waals surface area (Å²) in [4.78, 5) is 56.8. The molecular weight excluding hydrogens is 916 g/mol. The zero-order chi connectivity index (χ0) is 49.9. The van der Waals surface area contributed by atoms with Gasteiger partial charge in [0, 0.05) is 60.6 Å². The summed E-state index contributed by atoms with van der Waals surface area (Å²) < 4.78 is 33.6. The highest BCUT2D eigenvalue weighted by atomic mass is 35.5. The maximum Gasteiger partial charge on any atom is 0.410 e. The number of hydrogen-bond acceptors (Lipinski definition) is 12. The number of benzene rings is 3. The van der Waals surface area contributed by atoms with Crippen LogP contribution in [0.3, 0.4) is 0 Å². The molecule has 3 aliphatic rings. The normalized spacial score (nSPS) is 18.6. The standard InChI is InChI=1S/C53H75ClN6O10/c1-38-35-47(57-45-15-13-44(54)14-16-45)46-36-43(12-17-49(46)60(38)39(2)61)40-8-10-42(11-9-40)51(63)56-21-26-66-28-30-68-32-34-69-33-31-67-29-27-65-25-20-55-50(62)37-58-23-18-41(19-24-58)48-7-6-22-59(48)52(64)70-53(3,4)5/h8-17,36,38,41,47-48,57H,6-7,18-35,37H2,1-5H3,(H,55,62)(H,56,63)/t38-,47+,48?/m0/s1. The van der Waals surface area contributed by atoms with E-state index in [-0.39, 0.29) is 41.9 Å². The van der Waals surface area contributed by atoms with Crippen LogP contribution in [0.2, 0.25) is 5.02 Å². The molecule has 0 bridgehead atoms. The predicted octanol–water partition coefficient (Wildman–Crippen LogP) is 7.35. The summed E-state index contributed by atoms with van der Waals surface area (Å²) in [6.45, 7) is 17.2. The lowest BCUT2D eigenvalue weighted by molar-refractivity contribution is -0.123. The van der Waals surface area contributed by atoms with E-state index in [4.69, 9.17) is 40.0 Å². The van der Waals surface area contributed by atoms with Crippen LogP contribution in [0.1, 0.15) is 88.7 Å². The van der Waals surface area contributed by atoms with Crippen molar-refractivity contribution in [2.24, 2.45) is 5.92 Å². The van der Waals surface area contributed by atoms with E-state index >= 15 is 0 Å². The highest BCUT2D eigenvalue weighted by Crippen LogP contribution is 2.41. The highest BCUT2D eigenvalue weighted by Gasteiger charge is 2.38. The number of carbonyl (C=O) groups excluding carboxylic acids is 4. The van der Waals surface area contributed by atoms with Crippen molar-refractivity contribution in [2.45, 2.75) is 90.4 Å². The predicted molar refractivity (Wildman–Crippen MR) is 271 cm³/mol. The molecule has 3 atom stereocenters. The first kappa shape index (κ1) is 54.5. The lowest BCUT2D eigenvalue weighted by Crippen LogP contribution is -2.48. The van der Waals surface area contributed by atoms with Crippen molar-refractivity contribution in [3.63, 3.8) is 0 Å². The minimum Gasteiger partial charge on any atom is -0.444 e. The third kappa shape index (κ3) is 17.2. The summed E-state index contributed by atoms with van der Waals surface area (Å²) >= 11 is 6.12. The van der Waals surface area contributed by atoms with Crippen molar-refractivity contribution in [1.82, 2.24) is 20.4 Å². The molecule has 0 aromatic heterocycles. The fraction of sp³-hybridized carbons (Fsp3) is 0.585. The van der Waals surface area contributed by atoms with Gasteiger partial charge < -0.3 is 54.2 Å². The van der Waals surface area contributed by atoms with E-state index in [2.05, 4.69) is 33.8 Å². The fourth-order valence-electron chi connectivity index (χ4n) is 9.39. The molecule has 1 unspecified atom stereocenters. The molecule has 384 valence electrons. The average Bonchev–Trinajstić information content (AvgIpc) is 3.83. The number of piperidine rings is 1. The molecule has 2 fully saturated rings. The molecule has 3 heterocycles. The molecular formula is C53H75ClN6O10. The zero-order valence-corrected chi connectivity index (χ0v) is 42.6. The topological polar surface area (TPSA) is 169 Å². The quantitative estimate of drug-likeness (QED) is 0.0724. The van der Waals surface area contributed by atoms with E-state index in [1.807, 2.05) is 91.2 Å². The molecule has 3 aliphatic heterocycles. The number of nitrogens with zero attached hydrogens (tertiary/aromatic N) is 3. The van der Waals surface area contributed by atoms with Gasteiger partial charge in [-0.05, 0) is 144 Å². The molecule has 0 radical (unpaired) electrons. The van der Waals surface area contributed by atoms with Crippen molar-refractivity contribution < 1.29 is 47.6 Å². The summed E-state index contributed by atoms with van der Waals surface area (Å²) in [5.74, 6) is 0.256. The third-order valence-electron chi connectivity index (χ3n) is 12.7. The van der Waals surface area contributed by atoms with Crippen LogP contribution in [0, 0.1) is 5.92 Å². The van der Waals surface area contributed by atoms with Gasteiger partial charge in [-0.1, -0.05) is 29.8 Å². The minimum absolute atomic E-state index is 0.00761. The molecule has 0 saturated carbocycles. The molecule has 3 aromatic rings. The number of hydrogen-bond donors (Lipinski definition) is 3. The number of nitrogens with one attached hydrogen (secondary N) is 3. The van der Waals surface area contributed by atoms with Crippen LogP contribution in [-0.2, 0) is 38.0 Å². The van der Waals surface area contributed by atoms with E-state index in [1.54, 1.807) is 6.92 Å². The van der Waals surface area contributed by atoms with Crippen LogP contribution in [0.4, 0.5) is 16.2 Å².